The molecule has 0 spiro atoms. The first-order chi connectivity index (χ1) is 9.06. The fraction of sp³-hybridized carbons (Fsp3) is 0.583. The van der Waals surface area contributed by atoms with Crippen molar-refractivity contribution in [3.8, 4) is 0 Å². The van der Waals surface area contributed by atoms with Gasteiger partial charge in [0.2, 0.25) is 5.65 Å². The van der Waals surface area contributed by atoms with Gasteiger partial charge in [-0.1, -0.05) is 6.92 Å². The number of alkyl halides is 1. The molecule has 0 radical (unpaired) electrons. The molecular formula is C12H15FIN5. The monoisotopic (exact) mass is 375 g/mol. The maximum absolute atomic E-state index is 13.8. The topological polar surface area (TPSA) is 57.7 Å². The van der Waals surface area contributed by atoms with Crippen LogP contribution in [0.1, 0.15) is 19.0 Å². The largest absolute Gasteiger partial charge is 0.352 e. The summed E-state index contributed by atoms with van der Waals surface area (Å²) in [7, 11) is 0. The maximum atomic E-state index is 13.8. The number of piperidine rings is 1. The third-order valence-corrected chi connectivity index (χ3v) is 4.41. The van der Waals surface area contributed by atoms with E-state index in [1.165, 1.54) is 0 Å². The van der Waals surface area contributed by atoms with Gasteiger partial charge in [0.25, 0.3) is 0 Å². The van der Waals surface area contributed by atoms with Crippen molar-refractivity contribution in [2.24, 2.45) is 5.92 Å². The molecule has 1 saturated heterocycles. The Morgan fingerprint density at radius 3 is 2.95 bits per heavy atom. The molecular weight excluding hydrogens is 360 g/mol. The molecule has 0 aliphatic carbocycles. The van der Waals surface area contributed by atoms with E-state index < -0.39 is 6.17 Å². The average molecular weight is 375 g/mol. The third-order valence-electron chi connectivity index (χ3n) is 3.66. The van der Waals surface area contributed by atoms with Gasteiger partial charge in [0, 0.05) is 6.54 Å². The fourth-order valence-corrected chi connectivity index (χ4v) is 2.88. The number of hydrogen-bond acceptors (Lipinski definition) is 4. The van der Waals surface area contributed by atoms with Gasteiger partial charge in [-0.2, -0.15) is 5.10 Å². The van der Waals surface area contributed by atoms with Crippen LogP contribution in [0.15, 0.2) is 0 Å². The lowest BCUT2D eigenvalue weighted by atomic mass is 9.97. The third kappa shape index (κ3) is 2.28. The number of nitrogens with zero attached hydrogens (tertiary/aromatic N) is 4. The standard InChI is InChI=1S/C12H15FIN5/c1-6-3-4-19(5-8(6)13)12-7(2)15-9-10(14)17-18-11(9)16-12/h6,8H,3-5H2,1-2H3,(H,16,17,18)/t6-,8+/m0/s1. The Labute approximate surface area is 124 Å². The molecule has 19 heavy (non-hydrogen) atoms. The van der Waals surface area contributed by atoms with E-state index in [2.05, 4.69) is 42.8 Å². The van der Waals surface area contributed by atoms with Crippen molar-refractivity contribution >= 4 is 39.6 Å². The number of aromatic nitrogens is 4. The van der Waals surface area contributed by atoms with Crippen molar-refractivity contribution in [3.05, 3.63) is 9.39 Å². The van der Waals surface area contributed by atoms with Crippen LogP contribution in [-0.2, 0) is 0 Å². The molecule has 102 valence electrons. The molecule has 5 nitrogen and oxygen atoms in total. The summed E-state index contributed by atoms with van der Waals surface area (Å²) in [4.78, 5) is 11.0. The normalized spacial score (nSPS) is 24.1. The summed E-state index contributed by atoms with van der Waals surface area (Å²) in [5, 5.41) is 6.99. The highest BCUT2D eigenvalue weighted by molar-refractivity contribution is 14.1. The van der Waals surface area contributed by atoms with Crippen LogP contribution in [0.5, 0.6) is 0 Å². The molecule has 0 amide bonds. The van der Waals surface area contributed by atoms with Crippen molar-refractivity contribution in [2.75, 3.05) is 18.0 Å². The second-order valence-electron chi connectivity index (χ2n) is 5.07. The van der Waals surface area contributed by atoms with E-state index in [9.17, 15) is 4.39 Å². The number of anilines is 1. The van der Waals surface area contributed by atoms with Gasteiger partial charge in [0.1, 0.15) is 15.4 Å². The number of aromatic amines is 1. The van der Waals surface area contributed by atoms with Crippen molar-refractivity contribution < 1.29 is 4.39 Å². The Morgan fingerprint density at radius 2 is 2.21 bits per heavy atom. The van der Waals surface area contributed by atoms with E-state index >= 15 is 0 Å². The van der Waals surface area contributed by atoms with Gasteiger partial charge in [-0.25, -0.2) is 14.4 Å². The lowest BCUT2D eigenvalue weighted by Gasteiger charge is -2.34. The summed E-state index contributed by atoms with van der Waals surface area (Å²) in [6.07, 6.45) is 0.0447. The summed E-state index contributed by atoms with van der Waals surface area (Å²) in [5.74, 6) is 0.879. The predicted molar refractivity (Wildman–Crippen MR) is 80.0 cm³/mol. The Kier molecular flexibility index (Phi) is 3.32. The molecule has 1 N–H and O–H groups in total. The molecule has 2 aromatic rings. The second-order valence-corrected chi connectivity index (χ2v) is 6.15. The summed E-state index contributed by atoms with van der Waals surface area (Å²) >= 11 is 2.15. The Balaban J connectivity index is 1.98. The zero-order valence-electron chi connectivity index (χ0n) is 10.8. The molecule has 2 aromatic heterocycles. The predicted octanol–water partition coefficient (Wildman–Crippen LogP) is 2.45. The highest BCUT2D eigenvalue weighted by atomic mass is 127. The molecule has 1 fully saturated rings. The quantitative estimate of drug-likeness (QED) is 0.779. The Bertz CT molecular complexity index is 613. The van der Waals surface area contributed by atoms with Crippen LogP contribution >= 0.6 is 22.6 Å². The summed E-state index contributed by atoms with van der Waals surface area (Å²) in [5.41, 5.74) is 2.21. The van der Waals surface area contributed by atoms with Gasteiger partial charge in [-0.05, 0) is 41.9 Å². The lowest BCUT2D eigenvalue weighted by molar-refractivity contribution is 0.211. The van der Waals surface area contributed by atoms with Gasteiger partial charge in [-0.15, -0.1) is 0 Å². The van der Waals surface area contributed by atoms with Crippen LogP contribution in [0.2, 0.25) is 0 Å². The number of hydrogen-bond donors (Lipinski definition) is 1. The zero-order valence-corrected chi connectivity index (χ0v) is 13.0. The second kappa shape index (κ2) is 4.84. The molecule has 3 heterocycles. The minimum atomic E-state index is -0.801. The Morgan fingerprint density at radius 1 is 1.42 bits per heavy atom. The van der Waals surface area contributed by atoms with Crippen LogP contribution in [-0.4, -0.2) is 39.4 Å². The van der Waals surface area contributed by atoms with Crippen LogP contribution < -0.4 is 4.90 Å². The first-order valence-electron chi connectivity index (χ1n) is 6.33. The molecule has 3 rings (SSSR count). The first-order valence-corrected chi connectivity index (χ1v) is 7.41. The summed E-state index contributed by atoms with van der Waals surface area (Å²) < 4.78 is 14.7. The maximum Gasteiger partial charge on any atom is 0.202 e. The van der Waals surface area contributed by atoms with Crippen LogP contribution in [0.3, 0.4) is 0 Å². The summed E-state index contributed by atoms with van der Waals surface area (Å²) in [6.45, 7) is 5.09. The van der Waals surface area contributed by atoms with Gasteiger partial charge < -0.3 is 4.90 Å². The molecule has 7 heteroatoms. The molecule has 0 aromatic carbocycles. The van der Waals surface area contributed by atoms with E-state index in [0.717, 1.165) is 33.7 Å². The zero-order chi connectivity index (χ0) is 13.6. The Hall–Kier alpha value is -0.990. The van der Waals surface area contributed by atoms with E-state index in [1.807, 2.05) is 18.7 Å². The van der Waals surface area contributed by atoms with Crippen LogP contribution in [0.25, 0.3) is 11.2 Å². The first kappa shape index (κ1) is 13.0. The average Bonchev–Trinajstić information content (AvgIpc) is 2.73. The summed E-state index contributed by atoms with van der Waals surface area (Å²) in [6, 6.07) is 0. The van der Waals surface area contributed by atoms with E-state index in [4.69, 9.17) is 0 Å². The molecule has 1 aliphatic heterocycles. The smallest absolute Gasteiger partial charge is 0.202 e. The van der Waals surface area contributed by atoms with E-state index in [0.29, 0.717) is 12.2 Å². The molecule has 0 unspecified atom stereocenters. The van der Waals surface area contributed by atoms with Crippen molar-refractivity contribution in [1.29, 1.82) is 0 Å². The highest BCUT2D eigenvalue weighted by Crippen LogP contribution is 2.27. The highest BCUT2D eigenvalue weighted by Gasteiger charge is 2.28. The number of fused-ring (bicyclic) bond motifs is 1. The number of aryl methyl sites for hydroxylation is 1. The number of H-pyrrole nitrogens is 1. The minimum absolute atomic E-state index is 0.125. The van der Waals surface area contributed by atoms with Gasteiger partial charge in [-0.3, -0.25) is 5.10 Å². The van der Waals surface area contributed by atoms with E-state index in [1.54, 1.807) is 0 Å². The molecule has 2 atom stereocenters. The number of nitrogens with one attached hydrogen (secondary N) is 1. The number of rotatable bonds is 1. The van der Waals surface area contributed by atoms with Crippen molar-refractivity contribution in [1.82, 2.24) is 20.2 Å². The number of halogens is 2. The minimum Gasteiger partial charge on any atom is -0.352 e. The van der Waals surface area contributed by atoms with Crippen LogP contribution in [0, 0.1) is 16.5 Å². The molecule has 0 saturated carbocycles. The van der Waals surface area contributed by atoms with Gasteiger partial charge in [0.15, 0.2) is 5.82 Å². The molecule has 0 bridgehead atoms. The van der Waals surface area contributed by atoms with Gasteiger partial charge in [0.05, 0.1) is 12.2 Å². The van der Waals surface area contributed by atoms with Crippen molar-refractivity contribution in [3.63, 3.8) is 0 Å². The molecule has 1 aliphatic rings. The lowest BCUT2D eigenvalue weighted by Crippen LogP contribution is -2.41. The van der Waals surface area contributed by atoms with Gasteiger partial charge >= 0.3 is 0 Å². The SMILES string of the molecule is Cc1nc2c(I)[nH]nc2nc1N1CC[C@H](C)[C@H](F)C1. The van der Waals surface area contributed by atoms with E-state index in [-0.39, 0.29) is 5.92 Å². The fourth-order valence-electron chi connectivity index (χ4n) is 2.40. The van der Waals surface area contributed by atoms with Crippen LogP contribution in [0.4, 0.5) is 10.2 Å². The van der Waals surface area contributed by atoms with Crippen molar-refractivity contribution in [2.45, 2.75) is 26.4 Å².